The summed E-state index contributed by atoms with van der Waals surface area (Å²) >= 11 is 0. The largest absolute Gasteiger partial charge is 0.507 e. The molecular weight excluding hydrogens is 508 g/mol. The van der Waals surface area contributed by atoms with Gasteiger partial charge in [0.2, 0.25) is 0 Å². The summed E-state index contributed by atoms with van der Waals surface area (Å²) in [6, 6.07) is 5.00. The number of phenolic OH excluding ortho intramolecular Hbond substituents is 6. The van der Waals surface area contributed by atoms with Crippen molar-refractivity contribution < 1.29 is 50.0 Å². The molecule has 0 saturated heterocycles. The summed E-state index contributed by atoms with van der Waals surface area (Å²) in [6.45, 7) is 5.08. The second-order valence-corrected chi connectivity index (χ2v) is 9.82. The predicted octanol–water partition coefficient (Wildman–Crippen LogP) is 4.09. The molecule has 1 aliphatic rings. The molecule has 0 radical (unpaired) electrons. The number of phenols is 6. The van der Waals surface area contributed by atoms with Gasteiger partial charge in [-0.1, -0.05) is 19.9 Å². The molecule has 208 valence electrons. The molecule has 3 aromatic rings. The lowest BCUT2D eigenvalue weighted by Gasteiger charge is -2.33. The van der Waals surface area contributed by atoms with Crippen LogP contribution in [0.5, 0.6) is 46.0 Å². The molecular formula is C29H32O10. The first-order chi connectivity index (χ1) is 18.4. The topological polar surface area (TPSA) is 177 Å². The standard InChI is InChI=1S/C29H32O10/c1-5-12(2)24(35)23-26(37)17(25(36)13(3)27(23)38-4)9-15-19(31)11-20(32)16-10-22(34)28(39-29(15)16)14-6-7-18(30)21(33)8-14/h6-8,11-12,22,28,30-34,36-37H,5,9-10H2,1-4H3/t12-,22+,28-/m1/s1. The van der Waals surface area contributed by atoms with Crippen molar-refractivity contribution in [3.05, 3.63) is 57.6 Å². The number of ketones is 1. The second-order valence-electron chi connectivity index (χ2n) is 9.82. The van der Waals surface area contributed by atoms with Gasteiger partial charge >= 0.3 is 0 Å². The lowest BCUT2D eigenvalue weighted by Crippen LogP contribution is -2.31. The number of aliphatic hydroxyl groups is 1. The van der Waals surface area contributed by atoms with Gasteiger partial charge in [0.05, 0.1) is 13.2 Å². The van der Waals surface area contributed by atoms with E-state index in [0.717, 1.165) is 6.07 Å². The van der Waals surface area contributed by atoms with Gasteiger partial charge in [0, 0.05) is 47.1 Å². The molecule has 10 heteroatoms. The van der Waals surface area contributed by atoms with Crippen LogP contribution in [-0.2, 0) is 12.8 Å². The number of fused-ring (bicyclic) bond motifs is 1. The molecule has 39 heavy (non-hydrogen) atoms. The van der Waals surface area contributed by atoms with Crippen LogP contribution in [0.1, 0.15) is 64.5 Å². The molecule has 1 aliphatic heterocycles. The van der Waals surface area contributed by atoms with E-state index in [9.17, 15) is 40.5 Å². The van der Waals surface area contributed by atoms with Gasteiger partial charge in [0.15, 0.2) is 17.3 Å². The molecule has 7 N–H and O–H groups in total. The highest BCUT2D eigenvalue weighted by atomic mass is 16.5. The zero-order valence-corrected chi connectivity index (χ0v) is 22.0. The fourth-order valence-electron chi connectivity index (χ4n) is 4.91. The Labute approximate surface area is 225 Å². The summed E-state index contributed by atoms with van der Waals surface area (Å²) in [5, 5.41) is 74.0. The van der Waals surface area contributed by atoms with Gasteiger partial charge in [0.1, 0.15) is 46.2 Å². The molecule has 0 spiro atoms. The molecule has 3 aromatic carbocycles. The number of rotatable bonds is 7. The van der Waals surface area contributed by atoms with Crippen LogP contribution < -0.4 is 9.47 Å². The minimum absolute atomic E-state index is 0.0115. The number of Topliss-reactive ketones (excluding diaryl/α,β-unsaturated/α-hetero) is 1. The lowest BCUT2D eigenvalue weighted by molar-refractivity contribution is 0.0190. The van der Waals surface area contributed by atoms with Crippen molar-refractivity contribution in [1.29, 1.82) is 0 Å². The van der Waals surface area contributed by atoms with Crippen LogP contribution in [0, 0.1) is 12.8 Å². The number of carbonyl (C=O) groups excluding carboxylic acids is 1. The van der Waals surface area contributed by atoms with Gasteiger partial charge in [-0.15, -0.1) is 0 Å². The quantitative estimate of drug-likeness (QED) is 0.171. The van der Waals surface area contributed by atoms with Gasteiger partial charge in [-0.3, -0.25) is 4.79 Å². The molecule has 3 atom stereocenters. The van der Waals surface area contributed by atoms with E-state index in [-0.39, 0.29) is 75.2 Å². The zero-order chi connectivity index (χ0) is 28.8. The molecule has 0 aromatic heterocycles. The summed E-state index contributed by atoms with van der Waals surface area (Å²) in [6.07, 6.45) is -2.09. The molecule has 10 nitrogen and oxygen atoms in total. The third-order valence-electron chi connectivity index (χ3n) is 7.37. The summed E-state index contributed by atoms with van der Waals surface area (Å²) in [5.41, 5.74) is 0.673. The summed E-state index contributed by atoms with van der Waals surface area (Å²) < 4.78 is 11.4. The molecule has 0 saturated carbocycles. The Hall–Kier alpha value is -4.31. The normalized spacial score (nSPS) is 17.3. The van der Waals surface area contributed by atoms with Crippen molar-refractivity contribution in [2.24, 2.45) is 5.92 Å². The second kappa shape index (κ2) is 10.5. The first kappa shape index (κ1) is 27.7. The number of methoxy groups -OCH3 is 1. The number of ether oxygens (including phenoxy) is 2. The van der Waals surface area contributed by atoms with Gasteiger partial charge in [0.25, 0.3) is 0 Å². The minimum Gasteiger partial charge on any atom is -0.507 e. The molecule has 4 rings (SSSR count). The molecule has 0 aliphatic carbocycles. The van der Waals surface area contributed by atoms with E-state index < -0.39 is 35.4 Å². The number of hydrogen-bond acceptors (Lipinski definition) is 10. The third-order valence-corrected chi connectivity index (χ3v) is 7.37. The first-order valence-electron chi connectivity index (χ1n) is 12.5. The predicted molar refractivity (Wildman–Crippen MR) is 140 cm³/mol. The Morgan fingerprint density at radius 1 is 1.00 bits per heavy atom. The molecule has 0 amide bonds. The van der Waals surface area contributed by atoms with Gasteiger partial charge in [-0.2, -0.15) is 0 Å². The maximum absolute atomic E-state index is 13.2. The summed E-state index contributed by atoms with van der Waals surface area (Å²) in [4.78, 5) is 13.2. The minimum atomic E-state index is -1.16. The van der Waals surface area contributed by atoms with Crippen molar-refractivity contribution in [3.8, 4) is 46.0 Å². The van der Waals surface area contributed by atoms with Crippen LogP contribution in [0.4, 0.5) is 0 Å². The Kier molecular flexibility index (Phi) is 7.43. The van der Waals surface area contributed by atoms with Gasteiger partial charge in [-0.05, 0) is 31.0 Å². The Morgan fingerprint density at radius 3 is 2.31 bits per heavy atom. The maximum atomic E-state index is 13.2. The van der Waals surface area contributed by atoms with Crippen molar-refractivity contribution in [3.63, 3.8) is 0 Å². The number of aliphatic hydroxyl groups excluding tert-OH is 1. The van der Waals surface area contributed by atoms with E-state index in [2.05, 4.69) is 0 Å². The number of benzene rings is 3. The van der Waals surface area contributed by atoms with Crippen LogP contribution in [-0.4, -0.2) is 54.7 Å². The summed E-state index contributed by atoms with van der Waals surface area (Å²) in [7, 11) is 1.33. The fraction of sp³-hybridized carbons (Fsp3) is 0.345. The fourth-order valence-corrected chi connectivity index (χ4v) is 4.91. The van der Waals surface area contributed by atoms with E-state index in [0.29, 0.717) is 12.0 Å². The number of carbonyl (C=O) groups is 1. The average Bonchev–Trinajstić information content (AvgIpc) is 2.90. The van der Waals surface area contributed by atoms with Crippen LogP contribution in [0.3, 0.4) is 0 Å². The molecule has 0 fully saturated rings. The smallest absolute Gasteiger partial charge is 0.173 e. The third kappa shape index (κ3) is 4.72. The number of aromatic hydroxyl groups is 6. The highest BCUT2D eigenvalue weighted by Crippen LogP contribution is 2.50. The van der Waals surface area contributed by atoms with Crippen LogP contribution in [0.15, 0.2) is 24.3 Å². The van der Waals surface area contributed by atoms with Crippen molar-refractivity contribution in [2.45, 2.75) is 52.2 Å². The molecule has 0 bridgehead atoms. The van der Waals surface area contributed by atoms with E-state index in [1.807, 2.05) is 6.92 Å². The van der Waals surface area contributed by atoms with Gasteiger partial charge in [-0.25, -0.2) is 0 Å². The lowest BCUT2D eigenvalue weighted by atomic mass is 9.87. The van der Waals surface area contributed by atoms with E-state index in [1.165, 1.54) is 32.2 Å². The van der Waals surface area contributed by atoms with Crippen molar-refractivity contribution in [2.75, 3.05) is 7.11 Å². The maximum Gasteiger partial charge on any atom is 0.173 e. The van der Waals surface area contributed by atoms with Crippen LogP contribution in [0.2, 0.25) is 0 Å². The Bertz CT molecular complexity index is 1450. The van der Waals surface area contributed by atoms with E-state index >= 15 is 0 Å². The van der Waals surface area contributed by atoms with Crippen LogP contribution in [0.25, 0.3) is 0 Å². The molecule has 0 unspecified atom stereocenters. The zero-order valence-electron chi connectivity index (χ0n) is 22.0. The van der Waals surface area contributed by atoms with Gasteiger partial charge < -0.3 is 45.2 Å². The van der Waals surface area contributed by atoms with E-state index in [1.54, 1.807) is 6.92 Å². The van der Waals surface area contributed by atoms with Crippen LogP contribution >= 0.6 is 0 Å². The SMILES string of the molecule is CC[C@@H](C)C(=O)c1c(O)c(Cc2c(O)cc(O)c3c2O[C@H](c2ccc(O)c(O)c2)[C@@H](O)C3)c(O)c(C)c1OC. The Morgan fingerprint density at radius 2 is 1.69 bits per heavy atom. The monoisotopic (exact) mass is 540 g/mol. The van der Waals surface area contributed by atoms with E-state index in [4.69, 9.17) is 9.47 Å². The van der Waals surface area contributed by atoms with Crippen molar-refractivity contribution >= 4 is 5.78 Å². The highest BCUT2D eigenvalue weighted by Gasteiger charge is 2.36. The Balaban J connectivity index is 1.87. The first-order valence-corrected chi connectivity index (χ1v) is 12.5. The molecule has 1 heterocycles. The van der Waals surface area contributed by atoms with Crippen molar-refractivity contribution in [1.82, 2.24) is 0 Å². The number of hydrogen-bond donors (Lipinski definition) is 7. The average molecular weight is 541 g/mol. The summed E-state index contributed by atoms with van der Waals surface area (Å²) in [5.74, 6) is -3.12. The highest BCUT2D eigenvalue weighted by molar-refractivity contribution is 6.04.